The van der Waals surface area contributed by atoms with E-state index in [0.29, 0.717) is 0 Å². The van der Waals surface area contributed by atoms with Gasteiger partial charge in [0.05, 0.1) is 0 Å². The SMILES string of the molecule is O=P(O)(O)O.O=P([O-])([O-])[O-].O=P([O-])([O-])[O-].[Fe+2].[Li+].[Li+].[Mn+2]. The molecule has 0 amide bonds. The van der Waals surface area contributed by atoms with Crippen LogP contribution in [0.3, 0.4) is 0 Å². The molecule has 0 aliphatic heterocycles. The summed E-state index contributed by atoms with van der Waals surface area (Å²) in [5.41, 5.74) is 0. The largest absolute Gasteiger partial charge is 2.00 e. The van der Waals surface area contributed by atoms with Crippen LogP contribution in [0.15, 0.2) is 0 Å². The van der Waals surface area contributed by atoms with E-state index >= 15 is 0 Å². The van der Waals surface area contributed by atoms with Crippen LogP contribution >= 0.6 is 23.5 Å². The zero-order valence-electron chi connectivity index (χ0n) is 9.09. The van der Waals surface area contributed by atoms with E-state index in [-0.39, 0.29) is 71.9 Å². The number of rotatable bonds is 0. The monoisotopic (exact) mass is 413 g/mol. The van der Waals surface area contributed by atoms with Gasteiger partial charge in [0.1, 0.15) is 0 Å². The van der Waals surface area contributed by atoms with Crippen LogP contribution in [0.25, 0.3) is 0 Å². The Morgan fingerprint density at radius 2 is 0.632 bits per heavy atom. The van der Waals surface area contributed by atoms with Crippen molar-refractivity contribution >= 4 is 23.5 Å². The van der Waals surface area contributed by atoms with Gasteiger partial charge in [0.15, 0.2) is 0 Å². The van der Waals surface area contributed by atoms with Gasteiger partial charge in [0, 0.05) is 0 Å². The third-order valence-corrected chi connectivity index (χ3v) is 0. The van der Waals surface area contributed by atoms with Crippen LogP contribution < -0.4 is 67.1 Å². The van der Waals surface area contributed by atoms with Crippen molar-refractivity contribution in [2.75, 3.05) is 0 Å². The van der Waals surface area contributed by atoms with Gasteiger partial charge >= 0.3 is 79.7 Å². The minimum atomic E-state index is -5.39. The summed E-state index contributed by atoms with van der Waals surface area (Å²) in [6.45, 7) is 0. The van der Waals surface area contributed by atoms with Crippen molar-refractivity contribution in [3.8, 4) is 0 Å². The predicted molar refractivity (Wildman–Crippen MR) is 29.5 cm³/mol. The van der Waals surface area contributed by atoms with Crippen LogP contribution in [0, 0.1) is 0 Å². The molecule has 0 unspecified atom stereocenters. The zero-order valence-corrected chi connectivity index (χ0v) is 14.1. The van der Waals surface area contributed by atoms with E-state index < -0.39 is 23.5 Å². The number of hydrogen-bond acceptors (Lipinski definition) is 9. The quantitative estimate of drug-likeness (QED) is 0.247. The summed E-state index contributed by atoms with van der Waals surface area (Å²) >= 11 is 0. The Labute approximate surface area is 152 Å². The molecule has 0 bridgehead atoms. The van der Waals surface area contributed by atoms with Gasteiger partial charge in [-0.2, -0.15) is 15.6 Å². The second-order valence-corrected chi connectivity index (χ2v) is 4.22. The van der Waals surface area contributed by atoms with E-state index in [0.717, 1.165) is 0 Å². The van der Waals surface area contributed by atoms with Crippen molar-refractivity contribution in [3.63, 3.8) is 0 Å². The normalized spacial score (nSPS) is 9.32. The summed E-state index contributed by atoms with van der Waals surface area (Å²) in [5, 5.41) is 0. The minimum Gasteiger partial charge on any atom is -0.822 e. The Hall–Kier alpha value is 2.56. The first-order chi connectivity index (χ1) is 6.00. The van der Waals surface area contributed by atoms with Crippen LogP contribution in [0.1, 0.15) is 0 Å². The summed E-state index contributed by atoms with van der Waals surface area (Å²) in [6.07, 6.45) is 0. The third kappa shape index (κ3) is 1080. The van der Waals surface area contributed by atoms with Crippen LogP contribution in [0.4, 0.5) is 0 Å². The molecule has 0 saturated heterocycles. The van der Waals surface area contributed by atoms with Gasteiger partial charge in [-0.25, -0.2) is 4.57 Å². The van der Waals surface area contributed by atoms with E-state index in [1.807, 2.05) is 0 Å². The van der Waals surface area contributed by atoms with Gasteiger partial charge in [-0.15, -0.1) is 0 Å². The molecule has 0 aromatic heterocycles. The van der Waals surface area contributed by atoms with E-state index in [9.17, 15) is 0 Å². The second kappa shape index (κ2) is 18.6. The molecule has 0 atom stereocenters. The molecule has 0 heterocycles. The van der Waals surface area contributed by atoms with Crippen LogP contribution in [0.5, 0.6) is 0 Å². The Balaban J connectivity index is -0.0000000206. The molecule has 0 aliphatic carbocycles. The molecule has 107 valence electrons. The molecule has 0 aromatic rings. The third-order valence-electron chi connectivity index (χ3n) is 0. The van der Waals surface area contributed by atoms with Gasteiger partial charge < -0.3 is 53.2 Å². The predicted octanol–water partition coefficient (Wildman–Crippen LogP) is -12.6. The second-order valence-electron chi connectivity index (χ2n) is 1.41. The van der Waals surface area contributed by atoms with Crippen molar-refractivity contribution in [1.82, 2.24) is 0 Å². The fourth-order valence-corrected chi connectivity index (χ4v) is 0. The van der Waals surface area contributed by atoms with Gasteiger partial charge in [-0.1, -0.05) is 0 Å². The topological polar surface area (TPSA) is 250 Å². The van der Waals surface area contributed by atoms with Crippen molar-refractivity contribution in [2.24, 2.45) is 0 Å². The molecule has 19 heavy (non-hydrogen) atoms. The maximum Gasteiger partial charge on any atom is 2.00 e. The molecule has 3 N–H and O–H groups in total. The molecular weight excluding hydrogens is 410 g/mol. The summed E-state index contributed by atoms with van der Waals surface area (Å²) in [7, 11) is -15.4. The van der Waals surface area contributed by atoms with Crippen molar-refractivity contribution in [2.45, 2.75) is 0 Å². The molecule has 0 spiro atoms. The first-order valence-electron chi connectivity index (χ1n) is 2.24. The first-order valence-corrected chi connectivity index (χ1v) is 6.73. The summed E-state index contributed by atoms with van der Waals surface area (Å²) in [6, 6.07) is 0. The fourth-order valence-electron chi connectivity index (χ4n) is 0. The van der Waals surface area contributed by atoms with E-state index in [2.05, 4.69) is 0 Å². The Kier molecular flexibility index (Phi) is 42.1. The van der Waals surface area contributed by atoms with Crippen LogP contribution in [0.2, 0.25) is 0 Å². The Bertz CT molecular complexity index is 217. The van der Waals surface area contributed by atoms with Gasteiger partial charge in [0.2, 0.25) is 0 Å². The summed E-state index contributed by atoms with van der Waals surface area (Å²) in [4.78, 5) is 72.9. The molecule has 19 heteroatoms. The van der Waals surface area contributed by atoms with Gasteiger partial charge in [0.25, 0.3) is 0 Å². The van der Waals surface area contributed by atoms with E-state index in [1.54, 1.807) is 0 Å². The molecule has 1 radical (unpaired) electrons. The van der Waals surface area contributed by atoms with Crippen molar-refractivity contribution in [3.05, 3.63) is 0 Å². The number of hydrogen-bond donors (Lipinski definition) is 3. The summed E-state index contributed by atoms with van der Waals surface area (Å²) < 4.78 is 26.0. The molecule has 0 aromatic carbocycles. The molecule has 0 saturated carbocycles. The average molecular weight is 413 g/mol. The van der Waals surface area contributed by atoms with Crippen molar-refractivity contribution in [1.29, 1.82) is 0 Å². The molecule has 12 nitrogen and oxygen atoms in total. The molecule has 0 fully saturated rings. The Morgan fingerprint density at radius 3 is 0.632 bits per heavy atom. The van der Waals surface area contributed by atoms with Gasteiger partial charge in [-0.3, -0.25) is 0 Å². The zero-order chi connectivity index (χ0) is 13.5. The first kappa shape index (κ1) is 43.0. The minimum absolute atomic E-state index is 0. The van der Waals surface area contributed by atoms with Crippen LogP contribution in [-0.2, 0) is 47.8 Å². The van der Waals surface area contributed by atoms with Crippen molar-refractivity contribution < 1.29 is 130 Å². The smallest absolute Gasteiger partial charge is 0.822 e. The molecular formula is H3FeLi2MnO12P3. The van der Waals surface area contributed by atoms with Gasteiger partial charge in [-0.05, 0) is 0 Å². The van der Waals surface area contributed by atoms with Crippen LogP contribution in [-0.4, -0.2) is 14.7 Å². The number of phosphoric acid groups is 3. The summed E-state index contributed by atoms with van der Waals surface area (Å²) in [5.74, 6) is 0. The van der Waals surface area contributed by atoms with E-state index in [1.165, 1.54) is 0 Å². The molecule has 0 rings (SSSR count). The fraction of sp³-hybridized carbons (Fsp3) is 0. The Morgan fingerprint density at radius 1 is 0.632 bits per heavy atom. The maximum absolute atomic E-state index is 8.88. The standard InChI is InChI=1S/Fe.2Li.Mn.3H3O4P/c;;;;3*1-5(2,3)4/h;;;;3*(H3,1,2,3,4)/q+2;2*+1;+2;;;/p-6. The maximum atomic E-state index is 8.88. The molecule has 0 aliphatic rings. The van der Waals surface area contributed by atoms with E-state index in [4.69, 9.17) is 57.7 Å². The average Bonchev–Trinajstić information content (AvgIpc) is 1.41.